The van der Waals surface area contributed by atoms with Crippen LogP contribution in [0.25, 0.3) is 0 Å². The lowest BCUT2D eigenvalue weighted by Crippen LogP contribution is -2.46. The number of rotatable bonds is 5. The molecular weight excluding hydrogens is 297 g/mol. The molecule has 21 heavy (non-hydrogen) atoms. The van der Waals surface area contributed by atoms with Gasteiger partial charge in [-0.25, -0.2) is 0 Å². The highest BCUT2D eigenvalue weighted by Crippen LogP contribution is 2.27. The lowest BCUT2D eigenvalue weighted by atomic mass is 10.1. The molecule has 0 saturated carbocycles. The van der Waals surface area contributed by atoms with Gasteiger partial charge in [0, 0.05) is 38.8 Å². The normalized spacial score (nSPS) is 18.6. The Bertz CT molecular complexity index is 507. The maximum Gasteiger partial charge on any atom is 0.305 e. The average molecular weight is 316 g/mol. The fraction of sp³-hybridized carbons (Fsp3) is 0.571. The van der Waals surface area contributed by atoms with E-state index in [1.807, 2.05) is 0 Å². The summed E-state index contributed by atoms with van der Waals surface area (Å²) in [6.45, 7) is 7.66. The van der Waals surface area contributed by atoms with Gasteiger partial charge in [-0.1, -0.05) is 13.0 Å². The molecule has 1 heterocycles. The number of hydrogen-bond donors (Lipinski definition) is 0. The minimum Gasteiger partial charge on any atom is -0.301 e. The second kappa shape index (κ2) is 7.15. The highest BCUT2D eigenvalue weighted by molar-refractivity contribution is 6.21. The molecule has 1 fully saturated rings. The maximum atomic E-state index is 13.3. The Kier molecular flexibility index (Phi) is 5.50. The van der Waals surface area contributed by atoms with E-state index in [1.54, 1.807) is 0 Å². The lowest BCUT2D eigenvalue weighted by molar-refractivity contribution is -0.387. The predicted molar refractivity (Wildman–Crippen MR) is 80.2 cm³/mol. The molecule has 0 N–H and O–H groups in total. The van der Waals surface area contributed by atoms with E-state index in [1.165, 1.54) is 12.1 Å². The summed E-state index contributed by atoms with van der Waals surface area (Å²) in [5.41, 5.74) is 0.0663. The molecule has 1 aromatic carbocycles. The van der Waals surface area contributed by atoms with Gasteiger partial charge < -0.3 is 4.90 Å². The molecule has 1 aliphatic heterocycles. The van der Waals surface area contributed by atoms with E-state index in [-0.39, 0.29) is 5.38 Å². The van der Waals surface area contributed by atoms with Crippen LogP contribution in [0.15, 0.2) is 18.2 Å². The Morgan fingerprint density at radius 3 is 2.52 bits per heavy atom. The third-order valence-electron chi connectivity index (χ3n) is 3.86. The van der Waals surface area contributed by atoms with Crippen LogP contribution >= 0.6 is 11.6 Å². The fourth-order valence-corrected chi connectivity index (χ4v) is 2.82. The van der Waals surface area contributed by atoms with Gasteiger partial charge in [0.05, 0.1) is 10.3 Å². The molecule has 0 amide bonds. The van der Waals surface area contributed by atoms with Crippen molar-refractivity contribution in [3.8, 4) is 0 Å². The Hall–Kier alpha value is -1.24. The Labute approximate surface area is 128 Å². The lowest BCUT2D eigenvalue weighted by Gasteiger charge is -2.34. The van der Waals surface area contributed by atoms with E-state index in [0.717, 1.165) is 38.8 Å². The van der Waals surface area contributed by atoms with E-state index in [2.05, 4.69) is 16.7 Å². The molecular formula is C14H19ClFN3O2. The van der Waals surface area contributed by atoms with Crippen molar-refractivity contribution in [2.24, 2.45) is 0 Å². The van der Waals surface area contributed by atoms with E-state index in [4.69, 9.17) is 11.6 Å². The standard InChI is InChI=1S/C14H19ClFN3O2/c1-2-17-5-7-18(8-6-17)10-12(15)11-3-4-13(16)14(9-11)19(20)21/h3-4,9,12H,2,5-8,10H2,1H3. The van der Waals surface area contributed by atoms with Gasteiger partial charge in [-0.2, -0.15) is 4.39 Å². The van der Waals surface area contributed by atoms with Gasteiger partial charge in [0.2, 0.25) is 5.82 Å². The van der Waals surface area contributed by atoms with Crippen LogP contribution in [0, 0.1) is 15.9 Å². The van der Waals surface area contributed by atoms with Crippen molar-refractivity contribution in [1.29, 1.82) is 0 Å². The highest BCUT2D eigenvalue weighted by Gasteiger charge is 2.22. The minimum atomic E-state index is -0.829. The van der Waals surface area contributed by atoms with Crippen molar-refractivity contribution in [3.05, 3.63) is 39.7 Å². The zero-order valence-corrected chi connectivity index (χ0v) is 12.7. The summed E-state index contributed by atoms with van der Waals surface area (Å²) in [6.07, 6.45) is 0. The summed E-state index contributed by atoms with van der Waals surface area (Å²) < 4.78 is 13.3. The van der Waals surface area contributed by atoms with Crippen molar-refractivity contribution in [2.45, 2.75) is 12.3 Å². The molecule has 1 aromatic rings. The molecule has 1 unspecified atom stereocenters. The van der Waals surface area contributed by atoms with Crippen molar-refractivity contribution in [1.82, 2.24) is 9.80 Å². The van der Waals surface area contributed by atoms with Crippen LogP contribution in [-0.4, -0.2) is 54.0 Å². The molecule has 1 saturated heterocycles. The van der Waals surface area contributed by atoms with Crippen LogP contribution in [0.1, 0.15) is 17.9 Å². The van der Waals surface area contributed by atoms with E-state index < -0.39 is 16.4 Å². The smallest absolute Gasteiger partial charge is 0.301 e. The fourth-order valence-electron chi connectivity index (χ4n) is 2.48. The van der Waals surface area contributed by atoms with Gasteiger partial charge in [0.1, 0.15) is 0 Å². The number of piperazine rings is 1. The number of nitrogens with zero attached hydrogens (tertiary/aromatic N) is 3. The van der Waals surface area contributed by atoms with E-state index >= 15 is 0 Å². The number of hydrogen-bond acceptors (Lipinski definition) is 4. The largest absolute Gasteiger partial charge is 0.305 e. The van der Waals surface area contributed by atoms with Gasteiger partial charge in [-0.15, -0.1) is 11.6 Å². The predicted octanol–water partition coefficient (Wildman–Crippen LogP) is 2.65. The van der Waals surface area contributed by atoms with Gasteiger partial charge in [-0.05, 0) is 18.2 Å². The SMILES string of the molecule is CCN1CCN(CC(Cl)c2ccc(F)c([N+](=O)[O-])c2)CC1. The maximum absolute atomic E-state index is 13.3. The Morgan fingerprint density at radius 2 is 1.95 bits per heavy atom. The van der Waals surface area contributed by atoms with Crippen molar-refractivity contribution in [2.75, 3.05) is 39.3 Å². The first-order valence-corrected chi connectivity index (χ1v) is 7.47. The minimum absolute atomic E-state index is 0.377. The highest BCUT2D eigenvalue weighted by atomic mass is 35.5. The van der Waals surface area contributed by atoms with E-state index in [9.17, 15) is 14.5 Å². The molecule has 7 heteroatoms. The molecule has 1 aliphatic rings. The Morgan fingerprint density at radius 1 is 1.33 bits per heavy atom. The monoisotopic (exact) mass is 315 g/mol. The summed E-state index contributed by atoms with van der Waals surface area (Å²) >= 11 is 6.34. The van der Waals surface area contributed by atoms with Crippen LogP contribution in [0.4, 0.5) is 10.1 Å². The van der Waals surface area contributed by atoms with Crippen LogP contribution in [0.5, 0.6) is 0 Å². The molecule has 116 valence electrons. The number of alkyl halides is 1. The quantitative estimate of drug-likeness (QED) is 0.476. The number of halogens is 2. The molecule has 1 atom stereocenters. The summed E-state index contributed by atoms with van der Waals surface area (Å²) in [4.78, 5) is 14.6. The molecule has 0 aromatic heterocycles. The van der Waals surface area contributed by atoms with Gasteiger partial charge >= 0.3 is 5.69 Å². The van der Waals surface area contributed by atoms with Crippen LogP contribution < -0.4 is 0 Å². The molecule has 0 spiro atoms. The van der Waals surface area contributed by atoms with Crippen molar-refractivity contribution in [3.63, 3.8) is 0 Å². The third kappa shape index (κ3) is 4.12. The first kappa shape index (κ1) is 16.1. The zero-order valence-electron chi connectivity index (χ0n) is 12.0. The second-order valence-corrected chi connectivity index (χ2v) is 5.70. The number of benzene rings is 1. The number of nitro benzene ring substituents is 1. The molecule has 5 nitrogen and oxygen atoms in total. The topological polar surface area (TPSA) is 49.6 Å². The molecule has 0 aliphatic carbocycles. The van der Waals surface area contributed by atoms with Gasteiger partial charge in [-0.3, -0.25) is 15.0 Å². The average Bonchev–Trinajstić information content (AvgIpc) is 2.48. The first-order chi connectivity index (χ1) is 10.0. The summed E-state index contributed by atoms with van der Waals surface area (Å²) in [6, 6.07) is 3.86. The molecule has 0 radical (unpaired) electrons. The summed E-state index contributed by atoms with van der Waals surface area (Å²) in [7, 11) is 0. The second-order valence-electron chi connectivity index (χ2n) is 5.17. The number of likely N-dealkylation sites (N-methyl/N-ethyl adjacent to an activating group) is 1. The molecule has 0 bridgehead atoms. The third-order valence-corrected chi connectivity index (χ3v) is 4.25. The van der Waals surface area contributed by atoms with Crippen molar-refractivity contribution >= 4 is 17.3 Å². The van der Waals surface area contributed by atoms with E-state index in [0.29, 0.717) is 12.1 Å². The van der Waals surface area contributed by atoms with Gasteiger partial charge in [0.15, 0.2) is 0 Å². The van der Waals surface area contributed by atoms with Crippen molar-refractivity contribution < 1.29 is 9.31 Å². The zero-order chi connectivity index (χ0) is 15.4. The van der Waals surface area contributed by atoms with Crippen LogP contribution in [0.2, 0.25) is 0 Å². The van der Waals surface area contributed by atoms with Crippen LogP contribution in [-0.2, 0) is 0 Å². The molecule has 2 rings (SSSR count). The first-order valence-electron chi connectivity index (χ1n) is 7.04. The van der Waals surface area contributed by atoms with Gasteiger partial charge in [0.25, 0.3) is 0 Å². The summed E-state index contributed by atoms with van der Waals surface area (Å²) in [5, 5.41) is 10.4. The Balaban J connectivity index is 1.99. The summed E-state index contributed by atoms with van der Waals surface area (Å²) in [5.74, 6) is -0.829. The van der Waals surface area contributed by atoms with Crippen LogP contribution in [0.3, 0.4) is 0 Å². The number of nitro groups is 1.